The molecule has 0 amide bonds. The molecule has 0 radical (unpaired) electrons. The van der Waals surface area contributed by atoms with Crippen molar-refractivity contribution < 1.29 is 19.0 Å². The minimum atomic E-state index is -0.313. The molecule has 1 aliphatic heterocycles. The van der Waals surface area contributed by atoms with E-state index in [0.29, 0.717) is 18.8 Å². The molecule has 1 heterocycles. The van der Waals surface area contributed by atoms with Gasteiger partial charge in [-0.3, -0.25) is 0 Å². The Morgan fingerprint density at radius 2 is 1.81 bits per heavy atom. The first-order chi connectivity index (χ1) is 13.3. The van der Waals surface area contributed by atoms with Gasteiger partial charge < -0.3 is 14.2 Å². The second kappa shape index (κ2) is 8.23. The van der Waals surface area contributed by atoms with Crippen LogP contribution in [-0.2, 0) is 16.1 Å². The van der Waals surface area contributed by atoms with Crippen molar-refractivity contribution in [3.8, 4) is 5.75 Å². The van der Waals surface area contributed by atoms with Gasteiger partial charge in [0.2, 0.25) is 0 Å². The molecule has 1 saturated heterocycles. The summed E-state index contributed by atoms with van der Waals surface area (Å²) >= 11 is 0. The van der Waals surface area contributed by atoms with Gasteiger partial charge in [0.05, 0.1) is 11.7 Å². The summed E-state index contributed by atoms with van der Waals surface area (Å²) in [5.74, 6) is 0.515. The van der Waals surface area contributed by atoms with Crippen LogP contribution in [0.2, 0.25) is 0 Å². The highest BCUT2D eigenvalue weighted by atomic mass is 16.6. The summed E-state index contributed by atoms with van der Waals surface area (Å²) in [6.07, 6.45) is 2.04. The monoisotopic (exact) mass is 362 g/mol. The van der Waals surface area contributed by atoms with Crippen LogP contribution in [0.4, 0.5) is 0 Å². The number of fused-ring (bicyclic) bond motifs is 1. The highest BCUT2D eigenvalue weighted by molar-refractivity contribution is 5.89. The number of benzene rings is 3. The minimum Gasteiger partial charge on any atom is -0.489 e. The van der Waals surface area contributed by atoms with E-state index in [-0.39, 0.29) is 12.1 Å². The number of esters is 1. The topological polar surface area (TPSA) is 44.8 Å². The van der Waals surface area contributed by atoms with Crippen LogP contribution in [0.5, 0.6) is 5.75 Å². The van der Waals surface area contributed by atoms with Gasteiger partial charge in [-0.1, -0.05) is 42.5 Å². The van der Waals surface area contributed by atoms with Gasteiger partial charge in [0.15, 0.2) is 0 Å². The quantitative estimate of drug-likeness (QED) is 0.593. The number of hydrogen-bond acceptors (Lipinski definition) is 4. The molecule has 0 bridgehead atoms. The molecular weight excluding hydrogens is 340 g/mol. The number of rotatable bonds is 6. The lowest BCUT2D eigenvalue weighted by Gasteiger charge is -2.11. The van der Waals surface area contributed by atoms with Crippen molar-refractivity contribution in [1.82, 2.24) is 0 Å². The maximum atomic E-state index is 12.1. The molecule has 1 aliphatic rings. The number of carbonyl (C=O) groups excluding carboxylic acids is 1. The fraction of sp³-hybridized carbons (Fsp3) is 0.261. The van der Waals surface area contributed by atoms with Gasteiger partial charge in [-0.05, 0) is 53.4 Å². The normalized spacial score (nSPS) is 16.4. The molecule has 4 rings (SSSR count). The zero-order valence-corrected chi connectivity index (χ0v) is 15.1. The van der Waals surface area contributed by atoms with Gasteiger partial charge >= 0.3 is 5.97 Å². The van der Waals surface area contributed by atoms with Crippen molar-refractivity contribution in [1.29, 1.82) is 0 Å². The Hall–Kier alpha value is -2.85. The Morgan fingerprint density at radius 3 is 2.59 bits per heavy atom. The maximum absolute atomic E-state index is 12.1. The molecule has 27 heavy (non-hydrogen) atoms. The number of ether oxygens (including phenoxy) is 3. The van der Waals surface area contributed by atoms with Crippen molar-refractivity contribution in [3.63, 3.8) is 0 Å². The fourth-order valence-electron chi connectivity index (χ4n) is 3.19. The zero-order valence-electron chi connectivity index (χ0n) is 15.1. The van der Waals surface area contributed by atoms with Crippen molar-refractivity contribution in [3.05, 3.63) is 77.9 Å². The van der Waals surface area contributed by atoms with Gasteiger partial charge in [0.25, 0.3) is 0 Å². The molecule has 0 spiro atoms. The van der Waals surface area contributed by atoms with Gasteiger partial charge in [-0.25, -0.2) is 4.79 Å². The van der Waals surface area contributed by atoms with E-state index in [0.717, 1.165) is 36.1 Å². The lowest BCUT2D eigenvalue weighted by molar-refractivity contribution is 0.0161. The van der Waals surface area contributed by atoms with Crippen LogP contribution < -0.4 is 4.74 Å². The molecule has 4 heteroatoms. The smallest absolute Gasteiger partial charge is 0.338 e. The third-order valence-corrected chi connectivity index (χ3v) is 4.74. The Balaban J connectivity index is 1.32. The molecule has 4 nitrogen and oxygen atoms in total. The summed E-state index contributed by atoms with van der Waals surface area (Å²) in [4.78, 5) is 12.1. The summed E-state index contributed by atoms with van der Waals surface area (Å²) in [7, 11) is 0. The Kier molecular flexibility index (Phi) is 5.35. The molecular formula is C23H22O4. The molecule has 0 aromatic heterocycles. The van der Waals surface area contributed by atoms with E-state index in [1.807, 2.05) is 36.4 Å². The molecule has 0 aliphatic carbocycles. The zero-order chi connectivity index (χ0) is 18.5. The average molecular weight is 362 g/mol. The van der Waals surface area contributed by atoms with Crippen molar-refractivity contribution in [2.75, 3.05) is 13.2 Å². The van der Waals surface area contributed by atoms with E-state index < -0.39 is 0 Å². The first kappa shape index (κ1) is 17.6. The van der Waals surface area contributed by atoms with Crippen molar-refractivity contribution in [2.24, 2.45) is 0 Å². The summed E-state index contributed by atoms with van der Waals surface area (Å²) in [5.41, 5.74) is 1.54. The summed E-state index contributed by atoms with van der Waals surface area (Å²) in [6.45, 7) is 1.53. The van der Waals surface area contributed by atoms with Crippen LogP contribution in [0, 0.1) is 0 Å². The van der Waals surface area contributed by atoms with Crippen LogP contribution in [0.3, 0.4) is 0 Å². The lowest BCUT2D eigenvalue weighted by Crippen LogP contribution is -2.17. The molecule has 1 fully saturated rings. The third kappa shape index (κ3) is 4.47. The summed E-state index contributed by atoms with van der Waals surface area (Å²) in [5, 5.41) is 2.34. The van der Waals surface area contributed by atoms with Gasteiger partial charge in [-0.15, -0.1) is 0 Å². The van der Waals surface area contributed by atoms with Crippen molar-refractivity contribution >= 4 is 16.7 Å². The predicted molar refractivity (Wildman–Crippen MR) is 104 cm³/mol. The third-order valence-electron chi connectivity index (χ3n) is 4.74. The van der Waals surface area contributed by atoms with Crippen LogP contribution >= 0.6 is 0 Å². The van der Waals surface area contributed by atoms with Crippen molar-refractivity contribution in [2.45, 2.75) is 25.6 Å². The fourth-order valence-corrected chi connectivity index (χ4v) is 3.19. The second-order valence-corrected chi connectivity index (χ2v) is 6.73. The molecule has 3 aromatic carbocycles. The van der Waals surface area contributed by atoms with E-state index >= 15 is 0 Å². The molecule has 0 saturated carbocycles. The highest BCUT2D eigenvalue weighted by Gasteiger charge is 2.18. The molecule has 138 valence electrons. The highest BCUT2D eigenvalue weighted by Crippen LogP contribution is 2.21. The Labute approximate surface area is 158 Å². The largest absolute Gasteiger partial charge is 0.489 e. The summed E-state index contributed by atoms with van der Waals surface area (Å²) in [6, 6.07) is 21.6. The van der Waals surface area contributed by atoms with Crippen LogP contribution in [0.1, 0.15) is 28.8 Å². The lowest BCUT2D eigenvalue weighted by atomic mass is 10.1. The van der Waals surface area contributed by atoms with Gasteiger partial charge in [0.1, 0.15) is 19.0 Å². The molecule has 1 atom stereocenters. The average Bonchev–Trinajstić information content (AvgIpc) is 3.24. The van der Waals surface area contributed by atoms with Crippen LogP contribution in [0.15, 0.2) is 66.7 Å². The Bertz CT molecular complexity index is 911. The maximum Gasteiger partial charge on any atom is 0.338 e. The van der Waals surface area contributed by atoms with Gasteiger partial charge in [-0.2, -0.15) is 0 Å². The molecule has 3 aromatic rings. The first-order valence-corrected chi connectivity index (χ1v) is 9.27. The van der Waals surface area contributed by atoms with E-state index in [4.69, 9.17) is 14.2 Å². The first-order valence-electron chi connectivity index (χ1n) is 9.27. The van der Waals surface area contributed by atoms with E-state index in [9.17, 15) is 4.79 Å². The SMILES string of the molecule is O=C(OCC1CCCO1)c1ccc(COc2ccc3ccccc3c2)cc1. The number of hydrogen-bond donors (Lipinski definition) is 0. The standard InChI is InChI=1S/C23H22O4/c24-23(27-16-22-6-3-13-25-22)19-9-7-17(8-10-19)15-26-21-12-11-18-4-1-2-5-20(18)14-21/h1-2,4-5,7-12,14,22H,3,6,13,15-16H2. The summed E-state index contributed by atoms with van der Waals surface area (Å²) < 4.78 is 16.7. The Morgan fingerprint density at radius 1 is 1.00 bits per heavy atom. The second-order valence-electron chi connectivity index (χ2n) is 6.73. The molecule has 0 N–H and O–H groups in total. The molecule has 1 unspecified atom stereocenters. The van der Waals surface area contributed by atoms with E-state index in [1.165, 1.54) is 5.39 Å². The number of carbonyl (C=O) groups is 1. The van der Waals surface area contributed by atoms with E-state index in [1.54, 1.807) is 12.1 Å². The van der Waals surface area contributed by atoms with Crippen LogP contribution in [0.25, 0.3) is 10.8 Å². The predicted octanol–water partition coefficient (Wildman–Crippen LogP) is 4.75. The van der Waals surface area contributed by atoms with E-state index in [2.05, 4.69) is 18.2 Å². The van der Waals surface area contributed by atoms with Crippen LogP contribution in [-0.4, -0.2) is 25.3 Å². The minimum absolute atomic E-state index is 0.0450. The van der Waals surface area contributed by atoms with Gasteiger partial charge in [0, 0.05) is 6.61 Å².